The Bertz CT molecular complexity index is 913. The second-order valence-electron chi connectivity index (χ2n) is 6.39. The Balaban J connectivity index is 0.00000210. The molecule has 1 fully saturated rings. The number of rotatable bonds is 3. The lowest BCUT2D eigenvalue weighted by atomic mass is 10.0. The number of piperazine rings is 1. The number of halogens is 1. The molecule has 140 valence electrons. The van der Waals surface area contributed by atoms with Gasteiger partial charge in [-0.3, -0.25) is 9.78 Å². The molecule has 1 saturated heterocycles. The highest BCUT2D eigenvalue weighted by molar-refractivity contribution is 5.92. The molecule has 3 heterocycles. The predicted molar refractivity (Wildman–Crippen MR) is 104 cm³/mol. The molecule has 0 saturated carbocycles. The lowest BCUT2D eigenvalue weighted by Gasteiger charge is -2.35. The lowest BCUT2D eigenvalue weighted by Crippen LogP contribution is -2.48. The van der Waals surface area contributed by atoms with Crippen LogP contribution in [0.2, 0.25) is 0 Å². The Kier molecular flexibility index (Phi) is 5.83. The topological polar surface area (TPSA) is 75.9 Å². The quantitative estimate of drug-likeness (QED) is 0.749. The van der Waals surface area contributed by atoms with Crippen LogP contribution in [-0.4, -0.2) is 50.4 Å². The number of benzene rings is 1. The van der Waals surface area contributed by atoms with Crippen LogP contribution in [0.1, 0.15) is 27.7 Å². The summed E-state index contributed by atoms with van der Waals surface area (Å²) < 4.78 is 1.64. The van der Waals surface area contributed by atoms with Gasteiger partial charge < -0.3 is 10.2 Å². The maximum atomic E-state index is 13.1. The SMILES string of the molecule is Cc1cccc(-n2cc(C(=O)N3CCNCC3c3cccnc3)nn2)c1.Cl. The molecule has 0 radical (unpaired) electrons. The van der Waals surface area contributed by atoms with Crippen molar-refractivity contribution in [3.05, 3.63) is 71.8 Å². The van der Waals surface area contributed by atoms with Gasteiger partial charge in [-0.2, -0.15) is 0 Å². The normalized spacial score (nSPS) is 16.6. The number of pyridine rings is 1. The molecule has 1 aliphatic heterocycles. The van der Waals surface area contributed by atoms with E-state index < -0.39 is 0 Å². The number of aryl methyl sites for hydroxylation is 1. The molecule has 1 N–H and O–H groups in total. The van der Waals surface area contributed by atoms with E-state index in [1.807, 2.05) is 54.4 Å². The van der Waals surface area contributed by atoms with Crippen LogP contribution in [0.5, 0.6) is 0 Å². The first-order valence-corrected chi connectivity index (χ1v) is 8.63. The summed E-state index contributed by atoms with van der Waals surface area (Å²) in [4.78, 5) is 19.1. The highest BCUT2D eigenvalue weighted by atomic mass is 35.5. The summed E-state index contributed by atoms with van der Waals surface area (Å²) in [6.07, 6.45) is 5.24. The van der Waals surface area contributed by atoms with Gasteiger partial charge in [0.2, 0.25) is 0 Å². The fourth-order valence-electron chi connectivity index (χ4n) is 3.22. The zero-order chi connectivity index (χ0) is 17.9. The van der Waals surface area contributed by atoms with E-state index in [0.717, 1.165) is 23.4 Å². The standard InChI is InChI=1S/C19H20N6O.ClH/c1-14-4-2-6-16(10-14)25-13-17(22-23-25)19(26)24-9-8-21-12-18(24)15-5-3-7-20-11-15;/h2-7,10-11,13,18,21H,8-9,12H2,1H3;1H. The molecule has 0 aliphatic carbocycles. The number of carbonyl (C=O) groups excluding carboxylic acids is 1. The smallest absolute Gasteiger partial charge is 0.276 e. The third-order valence-electron chi connectivity index (χ3n) is 4.55. The summed E-state index contributed by atoms with van der Waals surface area (Å²) in [5, 5.41) is 11.6. The van der Waals surface area contributed by atoms with Crippen molar-refractivity contribution in [2.24, 2.45) is 0 Å². The fourth-order valence-corrected chi connectivity index (χ4v) is 3.22. The summed E-state index contributed by atoms with van der Waals surface area (Å²) in [5.41, 5.74) is 3.38. The van der Waals surface area contributed by atoms with Crippen LogP contribution in [0, 0.1) is 6.92 Å². The number of nitrogens with one attached hydrogen (secondary N) is 1. The number of nitrogens with zero attached hydrogens (tertiary/aromatic N) is 5. The van der Waals surface area contributed by atoms with Gasteiger partial charge in [0.05, 0.1) is 17.9 Å². The van der Waals surface area contributed by atoms with E-state index in [1.54, 1.807) is 17.1 Å². The average Bonchev–Trinajstić information content (AvgIpc) is 3.18. The first-order chi connectivity index (χ1) is 12.7. The second kappa shape index (κ2) is 8.28. The highest BCUT2D eigenvalue weighted by Gasteiger charge is 2.30. The van der Waals surface area contributed by atoms with Crippen molar-refractivity contribution < 1.29 is 4.79 Å². The van der Waals surface area contributed by atoms with Crippen molar-refractivity contribution >= 4 is 18.3 Å². The van der Waals surface area contributed by atoms with E-state index >= 15 is 0 Å². The van der Waals surface area contributed by atoms with Crippen LogP contribution >= 0.6 is 12.4 Å². The first kappa shape index (κ1) is 19.0. The summed E-state index contributed by atoms with van der Waals surface area (Å²) in [7, 11) is 0. The van der Waals surface area contributed by atoms with E-state index in [1.165, 1.54) is 0 Å². The van der Waals surface area contributed by atoms with E-state index in [-0.39, 0.29) is 24.4 Å². The molecule has 1 aromatic carbocycles. The molecule has 8 heteroatoms. The number of amides is 1. The third-order valence-corrected chi connectivity index (χ3v) is 4.55. The maximum Gasteiger partial charge on any atom is 0.276 e. The minimum atomic E-state index is -0.112. The van der Waals surface area contributed by atoms with Gasteiger partial charge >= 0.3 is 0 Å². The van der Waals surface area contributed by atoms with Crippen molar-refractivity contribution in [2.45, 2.75) is 13.0 Å². The molecular weight excluding hydrogens is 364 g/mol. The van der Waals surface area contributed by atoms with Crippen LogP contribution in [0.15, 0.2) is 55.0 Å². The van der Waals surface area contributed by atoms with Gasteiger partial charge in [-0.1, -0.05) is 23.4 Å². The van der Waals surface area contributed by atoms with Gasteiger partial charge in [-0.05, 0) is 36.2 Å². The number of carbonyl (C=O) groups is 1. The largest absolute Gasteiger partial charge is 0.328 e. The van der Waals surface area contributed by atoms with Crippen molar-refractivity contribution in [1.29, 1.82) is 0 Å². The van der Waals surface area contributed by atoms with E-state index in [2.05, 4.69) is 20.6 Å². The van der Waals surface area contributed by atoms with Gasteiger partial charge in [0.15, 0.2) is 5.69 Å². The molecule has 1 aliphatic rings. The number of aromatic nitrogens is 4. The summed E-state index contributed by atoms with van der Waals surface area (Å²) >= 11 is 0. The third kappa shape index (κ3) is 3.99. The number of hydrogen-bond donors (Lipinski definition) is 1. The van der Waals surface area contributed by atoms with E-state index in [0.29, 0.717) is 18.8 Å². The Morgan fingerprint density at radius 1 is 1.26 bits per heavy atom. The average molecular weight is 385 g/mol. The molecular formula is C19H21ClN6O. The van der Waals surface area contributed by atoms with Crippen molar-refractivity contribution in [2.75, 3.05) is 19.6 Å². The minimum absolute atomic E-state index is 0. The fraction of sp³-hybridized carbons (Fsp3) is 0.263. The molecule has 0 spiro atoms. The van der Waals surface area contributed by atoms with E-state index in [9.17, 15) is 4.79 Å². The lowest BCUT2D eigenvalue weighted by molar-refractivity contribution is 0.0628. The molecule has 1 atom stereocenters. The molecule has 7 nitrogen and oxygen atoms in total. The summed E-state index contributed by atoms with van der Waals surface area (Å²) in [6, 6.07) is 11.8. The Morgan fingerprint density at radius 3 is 2.93 bits per heavy atom. The minimum Gasteiger partial charge on any atom is -0.328 e. The van der Waals surface area contributed by atoms with Crippen LogP contribution in [0.4, 0.5) is 0 Å². The van der Waals surface area contributed by atoms with Crippen molar-refractivity contribution in [1.82, 2.24) is 30.2 Å². The van der Waals surface area contributed by atoms with Gasteiger partial charge in [0.25, 0.3) is 5.91 Å². The van der Waals surface area contributed by atoms with Gasteiger partial charge in [0.1, 0.15) is 0 Å². The van der Waals surface area contributed by atoms with Crippen LogP contribution in [0.3, 0.4) is 0 Å². The molecule has 3 aromatic rings. The molecule has 2 aromatic heterocycles. The van der Waals surface area contributed by atoms with Gasteiger partial charge in [0, 0.05) is 32.0 Å². The van der Waals surface area contributed by atoms with Crippen LogP contribution in [0.25, 0.3) is 5.69 Å². The monoisotopic (exact) mass is 384 g/mol. The molecule has 0 bridgehead atoms. The zero-order valence-corrected chi connectivity index (χ0v) is 15.8. The summed E-state index contributed by atoms with van der Waals surface area (Å²) in [5.74, 6) is -0.112. The second-order valence-corrected chi connectivity index (χ2v) is 6.39. The van der Waals surface area contributed by atoms with Crippen molar-refractivity contribution in [3.63, 3.8) is 0 Å². The molecule has 1 unspecified atom stereocenters. The zero-order valence-electron chi connectivity index (χ0n) is 14.9. The van der Waals surface area contributed by atoms with Crippen molar-refractivity contribution in [3.8, 4) is 5.69 Å². The molecule has 1 amide bonds. The Labute approximate surface area is 163 Å². The van der Waals surface area contributed by atoms with Gasteiger partial charge in [-0.15, -0.1) is 17.5 Å². The van der Waals surface area contributed by atoms with E-state index in [4.69, 9.17) is 0 Å². The van der Waals surface area contributed by atoms with Crippen LogP contribution < -0.4 is 5.32 Å². The highest BCUT2D eigenvalue weighted by Crippen LogP contribution is 2.23. The number of hydrogen-bond acceptors (Lipinski definition) is 5. The van der Waals surface area contributed by atoms with Gasteiger partial charge in [-0.25, -0.2) is 4.68 Å². The Morgan fingerprint density at radius 2 is 2.15 bits per heavy atom. The van der Waals surface area contributed by atoms with Crippen LogP contribution in [-0.2, 0) is 0 Å². The predicted octanol–water partition coefficient (Wildman–Crippen LogP) is 2.18. The Hall–Kier alpha value is -2.77. The molecule has 27 heavy (non-hydrogen) atoms. The molecule has 4 rings (SSSR count). The maximum absolute atomic E-state index is 13.1. The first-order valence-electron chi connectivity index (χ1n) is 8.63. The summed E-state index contributed by atoms with van der Waals surface area (Å²) in [6.45, 7) is 4.10.